The van der Waals surface area contributed by atoms with E-state index in [0.717, 1.165) is 4.31 Å². The number of hydrogen-bond donors (Lipinski definition) is 3. The lowest BCUT2D eigenvalue weighted by Gasteiger charge is -2.22. The lowest BCUT2D eigenvalue weighted by molar-refractivity contribution is 0.102. The Hall–Kier alpha value is -3.53. The van der Waals surface area contributed by atoms with Crippen molar-refractivity contribution in [3.63, 3.8) is 0 Å². The average molecular weight is 477 g/mol. The molecule has 3 aromatic rings. The molecule has 0 fully saturated rings. The van der Waals surface area contributed by atoms with Crippen molar-refractivity contribution in [3.05, 3.63) is 94.6 Å². The molecule has 172 valence electrons. The van der Waals surface area contributed by atoms with Gasteiger partial charge in [-0.3, -0.25) is 4.79 Å². The average Bonchev–Trinajstić information content (AvgIpc) is 2.76. The summed E-state index contributed by atoms with van der Waals surface area (Å²) in [6.45, 7) is 3.39. The van der Waals surface area contributed by atoms with Crippen LogP contribution in [-0.2, 0) is 0 Å². The van der Waals surface area contributed by atoms with Gasteiger partial charge in [-0.15, -0.1) is 0 Å². The van der Waals surface area contributed by atoms with Crippen LogP contribution in [0.15, 0.2) is 54.6 Å². The van der Waals surface area contributed by atoms with E-state index >= 15 is 0 Å². The van der Waals surface area contributed by atoms with Crippen LogP contribution in [0.3, 0.4) is 0 Å². The van der Waals surface area contributed by atoms with Gasteiger partial charge in [0, 0.05) is 11.8 Å². The molecule has 0 aliphatic carbocycles. The SMILES string of the molecule is Cc1cc(NC(=O)c2cc(F)c(F)cc2F)ccc1N(S)C(=O)NC(C)c1ccc(F)cc1. The Kier molecular flexibility index (Phi) is 7.27. The minimum atomic E-state index is -1.40. The van der Waals surface area contributed by atoms with Gasteiger partial charge in [-0.1, -0.05) is 24.9 Å². The highest BCUT2D eigenvalue weighted by molar-refractivity contribution is 7.82. The van der Waals surface area contributed by atoms with E-state index in [4.69, 9.17) is 0 Å². The summed E-state index contributed by atoms with van der Waals surface area (Å²) in [7, 11) is 0. The van der Waals surface area contributed by atoms with Gasteiger partial charge in [0.15, 0.2) is 11.6 Å². The van der Waals surface area contributed by atoms with E-state index in [-0.39, 0.29) is 11.5 Å². The third kappa shape index (κ3) is 5.64. The molecule has 3 amide bonds. The molecule has 0 aliphatic heterocycles. The summed E-state index contributed by atoms with van der Waals surface area (Å²) in [6.07, 6.45) is 0. The van der Waals surface area contributed by atoms with Crippen LogP contribution in [-0.4, -0.2) is 11.9 Å². The third-order valence-electron chi connectivity index (χ3n) is 4.84. The van der Waals surface area contributed by atoms with E-state index in [1.54, 1.807) is 26.0 Å². The number of carbonyl (C=O) groups is 2. The predicted molar refractivity (Wildman–Crippen MR) is 120 cm³/mol. The van der Waals surface area contributed by atoms with Crippen molar-refractivity contribution in [2.24, 2.45) is 0 Å². The molecule has 0 bridgehead atoms. The first-order valence-electron chi connectivity index (χ1n) is 9.68. The molecule has 0 heterocycles. The topological polar surface area (TPSA) is 61.4 Å². The van der Waals surface area contributed by atoms with Crippen LogP contribution in [0.4, 0.5) is 33.7 Å². The van der Waals surface area contributed by atoms with Crippen LogP contribution in [0.1, 0.15) is 34.5 Å². The maximum absolute atomic E-state index is 13.8. The summed E-state index contributed by atoms with van der Waals surface area (Å²) < 4.78 is 54.4. The zero-order chi connectivity index (χ0) is 24.3. The van der Waals surface area contributed by atoms with E-state index in [2.05, 4.69) is 23.4 Å². The molecule has 3 rings (SSSR count). The quantitative estimate of drug-likeness (QED) is 0.243. The number of hydrogen-bond acceptors (Lipinski definition) is 3. The van der Waals surface area contributed by atoms with Gasteiger partial charge in [0.2, 0.25) is 0 Å². The van der Waals surface area contributed by atoms with Gasteiger partial charge in [0.05, 0.1) is 17.3 Å². The minimum absolute atomic E-state index is 0.243. The van der Waals surface area contributed by atoms with E-state index in [0.29, 0.717) is 28.9 Å². The van der Waals surface area contributed by atoms with Crippen LogP contribution in [0.2, 0.25) is 0 Å². The second-order valence-electron chi connectivity index (χ2n) is 7.24. The van der Waals surface area contributed by atoms with E-state index in [1.165, 1.54) is 30.3 Å². The molecular weight excluding hydrogens is 458 g/mol. The number of aryl methyl sites for hydroxylation is 1. The molecule has 0 aliphatic rings. The Morgan fingerprint density at radius 2 is 1.55 bits per heavy atom. The monoisotopic (exact) mass is 477 g/mol. The Morgan fingerprint density at radius 3 is 2.18 bits per heavy atom. The molecule has 1 atom stereocenters. The number of rotatable bonds is 5. The highest BCUT2D eigenvalue weighted by Gasteiger charge is 2.19. The van der Waals surface area contributed by atoms with Crippen molar-refractivity contribution in [3.8, 4) is 0 Å². The molecule has 3 aromatic carbocycles. The fourth-order valence-electron chi connectivity index (χ4n) is 3.06. The van der Waals surface area contributed by atoms with Crippen molar-refractivity contribution in [1.29, 1.82) is 0 Å². The number of urea groups is 1. The normalized spacial score (nSPS) is 11.6. The Bertz CT molecular complexity index is 1210. The fraction of sp³-hybridized carbons (Fsp3) is 0.130. The molecule has 5 nitrogen and oxygen atoms in total. The Labute approximate surface area is 193 Å². The third-order valence-corrected chi connectivity index (χ3v) is 5.24. The first-order valence-corrected chi connectivity index (χ1v) is 10.1. The number of nitrogens with zero attached hydrogens (tertiary/aromatic N) is 1. The Morgan fingerprint density at radius 1 is 0.909 bits per heavy atom. The molecule has 0 aromatic heterocycles. The zero-order valence-electron chi connectivity index (χ0n) is 17.5. The lowest BCUT2D eigenvalue weighted by Crippen LogP contribution is -2.36. The van der Waals surface area contributed by atoms with Gasteiger partial charge >= 0.3 is 6.03 Å². The van der Waals surface area contributed by atoms with Gasteiger partial charge in [0.25, 0.3) is 5.91 Å². The van der Waals surface area contributed by atoms with Crippen molar-refractivity contribution in [2.75, 3.05) is 9.62 Å². The number of carbonyl (C=O) groups excluding carboxylic acids is 2. The standard InChI is InChI=1S/C23H19F4N3O2S/c1-12-9-16(29-22(31)17-10-19(26)20(27)11-18(17)25)7-8-21(12)30(33)23(32)28-13(2)14-3-5-15(24)6-4-14/h3-11,13,33H,1-2H3,(H,28,32)(H,29,31). The first-order chi connectivity index (χ1) is 15.6. The minimum Gasteiger partial charge on any atom is -0.330 e. The van der Waals surface area contributed by atoms with Crippen molar-refractivity contribution in [2.45, 2.75) is 19.9 Å². The van der Waals surface area contributed by atoms with Crippen molar-refractivity contribution >= 4 is 36.1 Å². The smallest absolute Gasteiger partial charge is 0.330 e. The number of nitrogens with one attached hydrogen (secondary N) is 2. The molecule has 2 N–H and O–H groups in total. The Balaban J connectivity index is 1.70. The second-order valence-corrected chi connectivity index (χ2v) is 7.64. The van der Waals surface area contributed by atoms with E-state index in [1.807, 2.05) is 0 Å². The number of anilines is 2. The fourth-order valence-corrected chi connectivity index (χ4v) is 3.34. The zero-order valence-corrected chi connectivity index (χ0v) is 18.4. The first kappa shape index (κ1) is 24.1. The maximum atomic E-state index is 13.8. The number of benzene rings is 3. The van der Waals surface area contributed by atoms with Crippen LogP contribution in [0, 0.1) is 30.2 Å². The van der Waals surface area contributed by atoms with Gasteiger partial charge in [-0.25, -0.2) is 26.7 Å². The van der Waals surface area contributed by atoms with Crippen LogP contribution >= 0.6 is 12.8 Å². The summed E-state index contributed by atoms with van der Waals surface area (Å²) in [5, 5.41) is 5.13. The summed E-state index contributed by atoms with van der Waals surface area (Å²) in [5.41, 5.74) is 1.23. The molecule has 33 heavy (non-hydrogen) atoms. The largest absolute Gasteiger partial charge is 0.332 e. The molecule has 10 heteroatoms. The van der Waals surface area contributed by atoms with Gasteiger partial charge in [-0.2, -0.15) is 0 Å². The van der Waals surface area contributed by atoms with Crippen molar-refractivity contribution < 1.29 is 27.2 Å². The highest BCUT2D eigenvalue weighted by atomic mass is 32.1. The molecule has 0 spiro atoms. The lowest BCUT2D eigenvalue weighted by atomic mass is 10.1. The van der Waals surface area contributed by atoms with E-state index in [9.17, 15) is 27.2 Å². The summed E-state index contributed by atoms with van der Waals surface area (Å²) in [5.74, 6) is -5.30. The van der Waals surface area contributed by atoms with Crippen molar-refractivity contribution in [1.82, 2.24) is 5.32 Å². The van der Waals surface area contributed by atoms with Gasteiger partial charge in [0.1, 0.15) is 11.6 Å². The van der Waals surface area contributed by atoms with E-state index < -0.39 is 41.0 Å². The molecule has 0 saturated carbocycles. The summed E-state index contributed by atoms with van der Waals surface area (Å²) >= 11 is 4.23. The number of halogens is 4. The van der Waals surface area contributed by atoms with Gasteiger partial charge in [-0.05, 0) is 61.4 Å². The molecule has 1 unspecified atom stereocenters. The predicted octanol–water partition coefficient (Wildman–Crippen LogP) is 5.93. The summed E-state index contributed by atoms with van der Waals surface area (Å²) in [6, 6.07) is 9.95. The summed E-state index contributed by atoms with van der Waals surface area (Å²) in [4.78, 5) is 24.8. The molecule has 0 radical (unpaired) electrons. The second kappa shape index (κ2) is 9.95. The van der Waals surface area contributed by atoms with Crippen LogP contribution in [0.5, 0.6) is 0 Å². The number of thiol groups is 1. The highest BCUT2D eigenvalue weighted by Crippen LogP contribution is 2.26. The number of amides is 3. The molecular formula is C23H19F4N3O2S. The molecule has 0 saturated heterocycles. The van der Waals surface area contributed by atoms with Crippen LogP contribution < -0.4 is 14.9 Å². The van der Waals surface area contributed by atoms with Crippen LogP contribution in [0.25, 0.3) is 0 Å². The maximum Gasteiger partial charge on any atom is 0.332 e. The van der Waals surface area contributed by atoms with Gasteiger partial charge < -0.3 is 10.6 Å².